The second-order valence-corrected chi connectivity index (χ2v) is 3.66. The quantitative estimate of drug-likeness (QED) is 0.636. The molecule has 1 unspecified atom stereocenters. The Morgan fingerprint density at radius 2 is 1.77 bits per heavy atom. The molecule has 0 saturated carbocycles. The van der Waals surface area contributed by atoms with Crippen LogP contribution < -0.4 is 10.6 Å². The third-order valence-corrected chi connectivity index (χ3v) is 1.55. The van der Waals surface area contributed by atoms with E-state index in [1.165, 1.54) is 0 Å². The van der Waals surface area contributed by atoms with Crippen LogP contribution >= 0.6 is 0 Å². The largest absolute Gasteiger partial charge is 0.336 e. The van der Waals surface area contributed by atoms with Crippen molar-refractivity contribution in [1.82, 2.24) is 10.6 Å². The van der Waals surface area contributed by atoms with Gasteiger partial charge in [-0.05, 0) is 19.8 Å². The Morgan fingerprint density at radius 1 is 1.23 bits per heavy atom. The number of nitrogens with one attached hydrogen (secondary N) is 2. The number of hydrogen-bond acceptors (Lipinski definition) is 1. The van der Waals surface area contributed by atoms with Gasteiger partial charge in [-0.3, -0.25) is 0 Å². The second-order valence-electron chi connectivity index (χ2n) is 3.66. The third kappa shape index (κ3) is 5.13. The fraction of sp³-hybridized carbons (Fsp3) is 0.700. The molecule has 3 heteroatoms. The molecule has 2 amide bonds. The molecule has 0 fully saturated rings. The van der Waals surface area contributed by atoms with E-state index in [-0.39, 0.29) is 24.0 Å². The van der Waals surface area contributed by atoms with Gasteiger partial charge in [0.25, 0.3) is 0 Å². The van der Waals surface area contributed by atoms with Crippen molar-refractivity contribution in [3.63, 3.8) is 0 Å². The Labute approximate surface area is 80.3 Å². The summed E-state index contributed by atoms with van der Waals surface area (Å²) in [7, 11) is 0. The van der Waals surface area contributed by atoms with Crippen LogP contribution in [0.1, 0.15) is 27.7 Å². The number of terminal acetylenes is 1. The van der Waals surface area contributed by atoms with Crippen molar-refractivity contribution in [2.75, 3.05) is 0 Å². The molecule has 0 aliphatic carbocycles. The molecule has 13 heavy (non-hydrogen) atoms. The van der Waals surface area contributed by atoms with Crippen LogP contribution in [-0.2, 0) is 0 Å². The average molecular weight is 182 g/mol. The lowest BCUT2D eigenvalue weighted by Crippen LogP contribution is -2.45. The van der Waals surface area contributed by atoms with Crippen LogP contribution in [0.15, 0.2) is 0 Å². The van der Waals surface area contributed by atoms with Crippen LogP contribution in [0, 0.1) is 18.3 Å². The zero-order valence-corrected chi connectivity index (χ0v) is 8.72. The van der Waals surface area contributed by atoms with Crippen LogP contribution in [0.25, 0.3) is 0 Å². The van der Waals surface area contributed by atoms with Crippen LogP contribution in [-0.4, -0.2) is 18.1 Å². The lowest BCUT2D eigenvalue weighted by Gasteiger charge is -2.18. The molecule has 0 heterocycles. The highest BCUT2D eigenvalue weighted by Crippen LogP contribution is 1.99. The zero-order valence-electron chi connectivity index (χ0n) is 8.72. The highest BCUT2D eigenvalue weighted by Gasteiger charge is 2.12. The molecule has 0 aliphatic heterocycles. The van der Waals surface area contributed by atoms with E-state index in [0.717, 1.165) is 0 Å². The van der Waals surface area contributed by atoms with Gasteiger partial charge in [0.2, 0.25) is 0 Å². The number of carbonyl (C=O) groups is 1. The molecule has 0 radical (unpaired) electrons. The van der Waals surface area contributed by atoms with Crippen LogP contribution in [0.5, 0.6) is 0 Å². The van der Waals surface area contributed by atoms with Gasteiger partial charge in [-0.25, -0.2) is 4.79 Å². The van der Waals surface area contributed by atoms with Crippen molar-refractivity contribution < 1.29 is 4.79 Å². The van der Waals surface area contributed by atoms with E-state index in [9.17, 15) is 4.79 Å². The summed E-state index contributed by atoms with van der Waals surface area (Å²) < 4.78 is 0. The lowest BCUT2D eigenvalue weighted by molar-refractivity contribution is 0.234. The highest BCUT2D eigenvalue weighted by molar-refractivity contribution is 5.74. The summed E-state index contributed by atoms with van der Waals surface area (Å²) in [4.78, 5) is 11.2. The molecule has 1 atom stereocenters. The van der Waals surface area contributed by atoms with E-state index in [1.807, 2.05) is 27.7 Å². The van der Waals surface area contributed by atoms with Crippen molar-refractivity contribution in [3.05, 3.63) is 0 Å². The molecular formula is C10H18N2O. The van der Waals surface area contributed by atoms with Crippen LogP contribution in [0.3, 0.4) is 0 Å². The standard InChI is InChI=1S/C10H18N2O/c1-6-9(7(2)3)12-10(13)11-8(4)5/h1,7-9H,2-5H3,(H2,11,12,13). The summed E-state index contributed by atoms with van der Waals surface area (Å²) in [5, 5.41) is 5.43. The van der Waals surface area contributed by atoms with E-state index >= 15 is 0 Å². The minimum Gasteiger partial charge on any atom is -0.336 e. The van der Waals surface area contributed by atoms with Crippen LogP contribution in [0.4, 0.5) is 4.79 Å². The Hall–Kier alpha value is -1.17. The smallest absolute Gasteiger partial charge is 0.315 e. The van der Waals surface area contributed by atoms with Crippen LogP contribution in [0.2, 0.25) is 0 Å². The van der Waals surface area contributed by atoms with Gasteiger partial charge >= 0.3 is 6.03 Å². The molecule has 74 valence electrons. The normalized spacial score (nSPS) is 12.4. The first-order chi connectivity index (χ1) is 5.97. The van der Waals surface area contributed by atoms with E-state index in [4.69, 9.17) is 6.42 Å². The van der Waals surface area contributed by atoms with Gasteiger partial charge < -0.3 is 10.6 Å². The van der Waals surface area contributed by atoms with Gasteiger partial charge in [0.1, 0.15) is 0 Å². The van der Waals surface area contributed by atoms with Gasteiger partial charge in [-0.15, -0.1) is 6.42 Å². The Morgan fingerprint density at radius 3 is 2.08 bits per heavy atom. The predicted octanol–water partition coefficient (Wildman–Crippen LogP) is 1.35. The highest BCUT2D eigenvalue weighted by atomic mass is 16.2. The van der Waals surface area contributed by atoms with Gasteiger partial charge in [-0.2, -0.15) is 0 Å². The van der Waals surface area contributed by atoms with Crippen molar-refractivity contribution in [3.8, 4) is 12.3 Å². The Balaban J connectivity index is 3.97. The first-order valence-corrected chi connectivity index (χ1v) is 4.50. The predicted molar refractivity (Wildman–Crippen MR) is 54.3 cm³/mol. The fourth-order valence-corrected chi connectivity index (χ4v) is 0.846. The monoisotopic (exact) mass is 182 g/mol. The van der Waals surface area contributed by atoms with E-state index in [1.54, 1.807) is 0 Å². The summed E-state index contributed by atoms with van der Waals surface area (Å²) in [6.45, 7) is 7.75. The van der Waals surface area contributed by atoms with Gasteiger partial charge in [0.05, 0.1) is 6.04 Å². The van der Waals surface area contributed by atoms with Crippen molar-refractivity contribution >= 4 is 6.03 Å². The zero-order chi connectivity index (χ0) is 10.4. The average Bonchev–Trinajstić information content (AvgIpc) is 1.98. The maximum atomic E-state index is 11.2. The Bertz CT molecular complexity index is 203. The number of hydrogen-bond donors (Lipinski definition) is 2. The summed E-state index contributed by atoms with van der Waals surface area (Å²) in [5.74, 6) is 2.79. The van der Waals surface area contributed by atoms with Crippen molar-refractivity contribution in [2.45, 2.75) is 39.8 Å². The van der Waals surface area contributed by atoms with Gasteiger partial charge in [0.15, 0.2) is 0 Å². The minimum absolute atomic E-state index is 0.130. The van der Waals surface area contributed by atoms with Crippen molar-refractivity contribution in [1.29, 1.82) is 0 Å². The molecule has 0 rings (SSSR count). The molecule has 0 spiro atoms. The molecule has 2 N–H and O–H groups in total. The maximum absolute atomic E-state index is 11.2. The van der Waals surface area contributed by atoms with E-state index in [0.29, 0.717) is 0 Å². The molecule has 0 aliphatic rings. The molecule has 0 aromatic carbocycles. The number of rotatable bonds is 3. The molecule has 0 saturated heterocycles. The third-order valence-electron chi connectivity index (χ3n) is 1.55. The molecule has 3 nitrogen and oxygen atoms in total. The van der Waals surface area contributed by atoms with Crippen molar-refractivity contribution in [2.24, 2.45) is 5.92 Å². The van der Waals surface area contributed by atoms with Gasteiger partial charge in [0, 0.05) is 6.04 Å². The summed E-state index contributed by atoms with van der Waals surface area (Å²) in [6.07, 6.45) is 5.26. The first-order valence-electron chi connectivity index (χ1n) is 4.50. The Kier molecular flexibility index (Phi) is 4.98. The lowest BCUT2D eigenvalue weighted by atomic mass is 10.1. The number of carbonyl (C=O) groups excluding carboxylic acids is 1. The van der Waals surface area contributed by atoms with E-state index in [2.05, 4.69) is 16.6 Å². The number of amides is 2. The van der Waals surface area contributed by atoms with E-state index < -0.39 is 0 Å². The molecule has 0 aromatic heterocycles. The fourth-order valence-electron chi connectivity index (χ4n) is 0.846. The molecule has 0 bridgehead atoms. The minimum atomic E-state index is -0.202. The SMILES string of the molecule is C#CC(NC(=O)NC(C)C)C(C)C. The second kappa shape index (κ2) is 5.47. The number of urea groups is 1. The summed E-state index contributed by atoms with van der Waals surface area (Å²) in [6, 6.07) is -0.268. The molecule has 0 aromatic rings. The summed E-state index contributed by atoms with van der Waals surface area (Å²) >= 11 is 0. The first kappa shape index (κ1) is 11.8. The topological polar surface area (TPSA) is 41.1 Å². The maximum Gasteiger partial charge on any atom is 0.315 e. The van der Waals surface area contributed by atoms with Gasteiger partial charge in [-0.1, -0.05) is 19.8 Å². The molecular weight excluding hydrogens is 164 g/mol. The summed E-state index contributed by atoms with van der Waals surface area (Å²) in [5.41, 5.74) is 0.